The summed E-state index contributed by atoms with van der Waals surface area (Å²) in [4.78, 5) is 10.0. The Bertz CT molecular complexity index is 110. The zero-order valence-electron chi connectivity index (χ0n) is 5.26. The van der Waals surface area contributed by atoms with E-state index in [1.165, 1.54) is 0 Å². The van der Waals surface area contributed by atoms with E-state index in [4.69, 9.17) is 5.11 Å². The molecule has 0 spiro atoms. The van der Waals surface area contributed by atoms with E-state index < -0.39 is 5.97 Å². The van der Waals surface area contributed by atoms with Crippen LogP contribution >= 0.6 is 0 Å². The lowest BCUT2D eigenvalue weighted by Gasteiger charge is -2.26. The molecule has 2 N–H and O–H groups in total. The van der Waals surface area contributed by atoms with Crippen LogP contribution in [-0.2, 0) is 4.79 Å². The predicted molar refractivity (Wildman–Crippen MR) is 33.3 cm³/mol. The Morgan fingerprint density at radius 2 is 2.44 bits per heavy atom. The zero-order chi connectivity index (χ0) is 6.69. The molecule has 1 unspecified atom stereocenters. The van der Waals surface area contributed by atoms with Gasteiger partial charge in [0.05, 0.1) is 0 Å². The third-order valence-electron chi connectivity index (χ3n) is 1.63. The maximum absolute atomic E-state index is 10.0. The van der Waals surface area contributed by atoms with Gasteiger partial charge in [0.2, 0.25) is 0 Å². The highest BCUT2D eigenvalue weighted by atomic mass is 16.4. The Morgan fingerprint density at radius 3 is 2.78 bits per heavy atom. The third-order valence-corrected chi connectivity index (χ3v) is 1.63. The molecule has 1 aliphatic rings. The molecule has 0 aromatic heterocycles. The zero-order valence-corrected chi connectivity index (χ0v) is 5.26. The molecule has 1 fully saturated rings. The topological polar surface area (TPSA) is 49.3 Å². The molecule has 0 bridgehead atoms. The van der Waals surface area contributed by atoms with Crippen LogP contribution in [0.25, 0.3) is 0 Å². The molecular weight excluding hydrogens is 118 g/mol. The number of carbonyl (C=O) groups is 1. The van der Waals surface area contributed by atoms with Crippen molar-refractivity contribution in [3.63, 3.8) is 0 Å². The average Bonchev–Trinajstić information content (AvgIpc) is 1.60. The van der Waals surface area contributed by atoms with Crippen molar-refractivity contribution in [2.75, 3.05) is 6.54 Å². The van der Waals surface area contributed by atoms with Crippen LogP contribution in [0.4, 0.5) is 0 Å². The summed E-state index contributed by atoms with van der Waals surface area (Å²) >= 11 is 0. The van der Waals surface area contributed by atoms with Crippen LogP contribution in [0, 0.1) is 0 Å². The molecule has 1 aliphatic heterocycles. The molecule has 1 rings (SSSR count). The number of carboxylic acids is 1. The van der Waals surface area contributed by atoms with Gasteiger partial charge in [0.25, 0.3) is 0 Å². The summed E-state index contributed by atoms with van der Waals surface area (Å²) in [5, 5.41) is 11.4. The van der Waals surface area contributed by atoms with Crippen LogP contribution in [0.2, 0.25) is 0 Å². The summed E-state index contributed by atoms with van der Waals surface area (Å²) in [7, 11) is 0. The van der Waals surface area contributed by atoms with Gasteiger partial charge in [-0.2, -0.15) is 0 Å². The van der Waals surface area contributed by atoms with Gasteiger partial charge < -0.3 is 10.4 Å². The largest absolute Gasteiger partial charge is 0.481 e. The fourth-order valence-corrected chi connectivity index (χ4v) is 0.893. The molecule has 0 saturated carbocycles. The van der Waals surface area contributed by atoms with Crippen molar-refractivity contribution in [3.8, 4) is 0 Å². The fourth-order valence-electron chi connectivity index (χ4n) is 0.893. The van der Waals surface area contributed by atoms with E-state index in [1.807, 2.05) is 0 Å². The molecule has 1 saturated heterocycles. The Balaban J connectivity index is 1.97. The van der Waals surface area contributed by atoms with Crippen LogP contribution in [0.15, 0.2) is 0 Å². The van der Waals surface area contributed by atoms with Crippen LogP contribution in [0.1, 0.15) is 19.3 Å². The molecule has 0 amide bonds. The lowest BCUT2D eigenvalue weighted by molar-refractivity contribution is -0.137. The smallest absolute Gasteiger partial charge is 0.303 e. The highest BCUT2D eigenvalue weighted by Gasteiger charge is 2.16. The second-order valence-corrected chi connectivity index (χ2v) is 2.37. The van der Waals surface area contributed by atoms with Crippen LogP contribution in [0.5, 0.6) is 0 Å². The van der Waals surface area contributed by atoms with Gasteiger partial charge in [-0.15, -0.1) is 0 Å². The summed E-state index contributed by atoms with van der Waals surface area (Å²) in [6.45, 7) is 1.06. The molecule has 3 heteroatoms. The second-order valence-electron chi connectivity index (χ2n) is 2.37. The molecule has 1 atom stereocenters. The molecule has 0 aromatic rings. The number of hydrogen-bond donors (Lipinski definition) is 2. The quantitative estimate of drug-likeness (QED) is 0.572. The van der Waals surface area contributed by atoms with Gasteiger partial charge >= 0.3 is 5.97 Å². The molecule has 52 valence electrons. The maximum Gasteiger partial charge on any atom is 0.303 e. The molecule has 9 heavy (non-hydrogen) atoms. The number of nitrogens with one attached hydrogen (secondary N) is 1. The predicted octanol–water partition coefficient (Wildman–Crippen LogP) is 0.213. The standard InChI is InChI=1S/C6H11NO2/c8-6(9)2-1-5-3-4-7-5/h5,7H,1-4H2,(H,8,9). The SMILES string of the molecule is O=C(O)CCC1CCN1. The number of carboxylic acid groups (broad SMARTS) is 1. The minimum atomic E-state index is -0.691. The van der Waals surface area contributed by atoms with Gasteiger partial charge in [0.1, 0.15) is 0 Å². The van der Waals surface area contributed by atoms with Crippen LogP contribution < -0.4 is 5.32 Å². The van der Waals surface area contributed by atoms with Crippen molar-refractivity contribution >= 4 is 5.97 Å². The first-order valence-corrected chi connectivity index (χ1v) is 3.24. The first-order valence-electron chi connectivity index (χ1n) is 3.24. The number of hydrogen-bond acceptors (Lipinski definition) is 2. The van der Waals surface area contributed by atoms with Gasteiger partial charge in [0.15, 0.2) is 0 Å². The maximum atomic E-state index is 10.0. The Kier molecular flexibility index (Phi) is 2.05. The van der Waals surface area contributed by atoms with Crippen LogP contribution in [0.3, 0.4) is 0 Å². The minimum Gasteiger partial charge on any atom is -0.481 e. The van der Waals surface area contributed by atoms with E-state index >= 15 is 0 Å². The van der Waals surface area contributed by atoms with Crippen molar-refractivity contribution < 1.29 is 9.90 Å². The van der Waals surface area contributed by atoms with Crippen molar-refractivity contribution in [2.45, 2.75) is 25.3 Å². The molecule has 3 nitrogen and oxygen atoms in total. The van der Waals surface area contributed by atoms with E-state index in [9.17, 15) is 4.79 Å². The first-order chi connectivity index (χ1) is 4.29. The fraction of sp³-hybridized carbons (Fsp3) is 0.833. The Labute approximate surface area is 54.1 Å². The van der Waals surface area contributed by atoms with E-state index in [1.54, 1.807) is 0 Å². The molecule has 1 heterocycles. The number of aliphatic carboxylic acids is 1. The monoisotopic (exact) mass is 129 g/mol. The number of rotatable bonds is 3. The molecule has 0 aliphatic carbocycles. The third kappa shape index (κ3) is 2.01. The second kappa shape index (κ2) is 2.82. The van der Waals surface area contributed by atoms with Gasteiger partial charge in [-0.1, -0.05) is 0 Å². The lowest BCUT2D eigenvalue weighted by Crippen LogP contribution is -2.42. The molecular formula is C6H11NO2. The van der Waals surface area contributed by atoms with Crippen molar-refractivity contribution in [1.82, 2.24) is 5.32 Å². The van der Waals surface area contributed by atoms with Crippen molar-refractivity contribution in [3.05, 3.63) is 0 Å². The van der Waals surface area contributed by atoms with E-state index in [0.717, 1.165) is 19.4 Å². The van der Waals surface area contributed by atoms with Gasteiger partial charge in [0, 0.05) is 12.5 Å². The summed E-state index contributed by atoms with van der Waals surface area (Å²) < 4.78 is 0. The summed E-state index contributed by atoms with van der Waals surface area (Å²) in [6.07, 6.45) is 2.24. The highest BCUT2D eigenvalue weighted by Crippen LogP contribution is 2.08. The minimum absolute atomic E-state index is 0.303. The Hall–Kier alpha value is -0.570. The first kappa shape index (κ1) is 6.55. The van der Waals surface area contributed by atoms with Crippen LogP contribution in [-0.4, -0.2) is 23.7 Å². The van der Waals surface area contributed by atoms with E-state index in [0.29, 0.717) is 12.5 Å². The van der Waals surface area contributed by atoms with Gasteiger partial charge in [-0.3, -0.25) is 4.79 Å². The lowest BCUT2D eigenvalue weighted by atomic mass is 10.0. The van der Waals surface area contributed by atoms with Gasteiger partial charge in [-0.25, -0.2) is 0 Å². The average molecular weight is 129 g/mol. The normalized spacial score (nSPS) is 25.1. The van der Waals surface area contributed by atoms with Crippen molar-refractivity contribution in [2.24, 2.45) is 0 Å². The highest BCUT2D eigenvalue weighted by molar-refractivity contribution is 5.66. The summed E-state index contributed by atoms with van der Waals surface area (Å²) in [5.41, 5.74) is 0. The van der Waals surface area contributed by atoms with E-state index in [-0.39, 0.29) is 0 Å². The molecule has 0 radical (unpaired) electrons. The van der Waals surface area contributed by atoms with Gasteiger partial charge in [-0.05, 0) is 19.4 Å². The summed E-state index contributed by atoms with van der Waals surface area (Å²) in [6, 6.07) is 0.487. The van der Waals surface area contributed by atoms with Crippen molar-refractivity contribution in [1.29, 1.82) is 0 Å². The Morgan fingerprint density at radius 1 is 1.78 bits per heavy atom. The van der Waals surface area contributed by atoms with E-state index in [2.05, 4.69) is 5.32 Å². The summed E-state index contributed by atoms with van der Waals surface area (Å²) in [5.74, 6) is -0.691. The molecule has 0 aromatic carbocycles.